The topological polar surface area (TPSA) is 64.3 Å². The molecule has 0 unspecified atom stereocenters. The average molecular weight is 348 g/mol. The molecule has 3 aromatic rings. The highest BCUT2D eigenvalue weighted by atomic mass is 16.5. The van der Waals surface area contributed by atoms with E-state index < -0.39 is 0 Å². The van der Waals surface area contributed by atoms with E-state index in [9.17, 15) is 0 Å². The van der Waals surface area contributed by atoms with Gasteiger partial charge in [0.15, 0.2) is 0 Å². The summed E-state index contributed by atoms with van der Waals surface area (Å²) in [6.45, 7) is 5.41. The number of nitrogens with zero attached hydrogens (tertiary/aromatic N) is 4. The molecule has 0 N–H and O–H groups in total. The van der Waals surface area contributed by atoms with Crippen LogP contribution in [0, 0.1) is 13.8 Å². The summed E-state index contributed by atoms with van der Waals surface area (Å²) >= 11 is 0. The number of hydrogen-bond acceptors (Lipinski definition) is 6. The average Bonchev–Trinajstić information content (AvgIpc) is 3.00. The van der Waals surface area contributed by atoms with Crippen molar-refractivity contribution in [3.8, 4) is 16.9 Å². The van der Waals surface area contributed by atoms with Crippen molar-refractivity contribution in [3.05, 3.63) is 59.5 Å². The molecule has 3 heterocycles. The summed E-state index contributed by atoms with van der Waals surface area (Å²) in [5.74, 6) is 1.60. The fourth-order valence-electron chi connectivity index (χ4n) is 3.39. The summed E-state index contributed by atoms with van der Waals surface area (Å²) in [7, 11) is 1.69. The van der Waals surface area contributed by atoms with E-state index in [1.54, 1.807) is 19.6 Å². The zero-order valence-corrected chi connectivity index (χ0v) is 15.1. The van der Waals surface area contributed by atoms with Crippen LogP contribution in [0.4, 0.5) is 5.69 Å². The van der Waals surface area contributed by atoms with Crippen molar-refractivity contribution in [1.29, 1.82) is 0 Å². The zero-order valence-electron chi connectivity index (χ0n) is 15.1. The summed E-state index contributed by atoms with van der Waals surface area (Å²) in [5, 5.41) is 4.08. The fraction of sp³-hybridized carbons (Fsp3) is 0.250. The summed E-state index contributed by atoms with van der Waals surface area (Å²) < 4.78 is 11.0. The highest BCUT2D eigenvalue weighted by molar-refractivity contribution is 5.83. The Morgan fingerprint density at radius 2 is 2.15 bits per heavy atom. The Balaban J connectivity index is 1.78. The molecule has 0 amide bonds. The van der Waals surface area contributed by atoms with E-state index in [4.69, 9.17) is 9.26 Å². The Morgan fingerprint density at radius 3 is 2.85 bits per heavy atom. The van der Waals surface area contributed by atoms with Crippen LogP contribution in [0.2, 0.25) is 0 Å². The molecular formula is C20H20N4O2. The molecule has 132 valence electrons. The SMILES string of the molecule is COc1cc2c(cc1-c1c(C)noc1C)C=CCN2Cc1ccncn1. The van der Waals surface area contributed by atoms with Gasteiger partial charge in [-0.1, -0.05) is 17.3 Å². The minimum Gasteiger partial charge on any atom is -0.496 e. The van der Waals surface area contributed by atoms with E-state index >= 15 is 0 Å². The maximum absolute atomic E-state index is 5.70. The molecule has 0 saturated heterocycles. The molecule has 6 heteroatoms. The molecule has 6 nitrogen and oxygen atoms in total. The van der Waals surface area contributed by atoms with Crippen LogP contribution in [-0.2, 0) is 6.54 Å². The van der Waals surface area contributed by atoms with Crippen molar-refractivity contribution in [2.24, 2.45) is 0 Å². The third-order valence-electron chi connectivity index (χ3n) is 4.61. The van der Waals surface area contributed by atoms with Crippen LogP contribution in [0.25, 0.3) is 17.2 Å². The molecule has 1 aromatic carbocycles. The van der Waals surface area contributed by atoms with Crippen LogP contribution >= 0.6 is 0 Å². The summed E-state index contributed by atoms with van der Waals surface area (Å²) in [5.41, 5.74) is 6.09. The second-order valence-corrected chi connectivity index (χ2v) is 6.29. The van der Waals surface area contributed by atoms with Gasteiger partial charge in [-0.15, -0.1) is 0 Å². The second-order valence-electron chi connectivity index (χ2n) is 6.29. The molecule has 1 aliphatic rings. The monoisotopic (exact) mass is 348 g/mol. The van der Waals surface area contributed by atoms with Crippen molar-refractivity contribution in [2.45, 2.75) is 20.4 Å². The molecule has 0 bridgehead atoms. The van der Waals surface area contributed by atoms with Crippen molar-refractivity contribution in [3.63, 3.8) is 0 Å². The van der Waals surface area contributed by atoms with Crippen molar-refractivity contribution < 1.29 is 9.26 Å². The molecule has 2 aromatic heterocycles. The lowest BCUT2D eigenvalue weighted by atomic mass is 9.97. The lowest BCUT2D eigenvalue weighted by Crippen LogP contribution is -2.26. The Morgan fingerprint density at radius 1 is 1.27 bits per heavy atom. The minimum atomic E-state index is 0.716. The molecule has 0 radical (unpaired) electrons. The number of aryl methyl sites for hydroxylation is 2. The summed E-state index contributed by atoms with van der Waals surface area (Å²) in [4.78, 5) is 10.6. The molecule has 4 rings (SSSR count). The van der Waals surface area contributed by atoms with E-state index in [-0.39, 0.29) is 0 Å². The van der Waals surface area contributed by atoms with Gasteiger partial charge in [0.05, 0.1) is 30.6 Å². The number of methoxy groups -OCH3 is 1. The normalized spacial score (nSPS) is 13.0. The van der Waals surface area contributed by atoms with Crippen LogP contribution in [0.15, 0.2) is 41.3 Å². The lowest BCUT2D eigenvalue weighted by Gasteiger charge is -2.29. The molecule has 0 spiro atoms. The number of anilines is 1. The maximum Gasteiger partial charge on any atom is 0.141 e. The molecule has 1 aliphatic heterocycles. The van der Waals surface area contributed by atoms with Crippen LogP contribution in [-0.4, -0.2) is 28.8 Å². The number of ether oxygens (including phenoxy) is 1. The highest BCUT2D eigenvalue weighted by Gasteiger charge is 2.21. The minimum absolute atomic E-state index is 0.716. The smallest absolute Gasteiger partial charge is 0.141 e. The Bertz CT molecular complexity index is 944. The molecule has 0 aliphatic carbocycles. The third-order valence-corrected chi connectivity index (χ3v) is 4.61. The molecule has 0 fully saturated rings. The van der Waals surface area contributed by atoms with Gasteiger partial charge in [-0.3, -0.25) is 0 Å². The second kappa shape index (κ2) is 6.63. The fourth-order valence-corrected chi connectivity index (χ4v) is 3.39. The quantitative estimate of drug-likeness (QED) is 0.715. The van der Waals surface area contributed by atoms with Gasteiger partial charge in [-0.2, -0.15) is 0 Å². The molecule has 0 atom stereocenters. The highest BCUT2D eigenvalue weighted by Crippen LogP contribution is 2.41. The number of hydrogen-bond donors (Lipinski definition) is 0. The predicted molar refractivity (Wildman–Crippen MR) is 100 cm³/mol. The van der Waals surface area contributed by atoms with Crippen LogP contribution in [0.5, 0.6) is 5.75 Å². The number of aromatic nitrogens is 3. The first-order chi connectivity index (χ1) is 12.7. The Kier molecular flexibility index (Phi) is 4.16. The van der Waals surface area contributed by atoms with E-state index in [1.165, 1.54) is 0 Å². The van der Waals surface area contributed by atoms with Crippen molar-refractivity contribution in [1.82, 2.24) is 15.1 Å². The van der Waals surface area contributed by atoms with Gasteiger partial charge in [-0.25, -0.2) is 9.97 Å². The van der Waals surface area contributed by atoms with Gasteiger partial charge < -0.3 is 14.2 Å². The summed E-state index contributed by atoms with van der Waals surface area (Å²) in [6, 6.07) is 6.16. The zero-order chi connectivity index (χ0) is 18.1. The third kappa shape index (κ3) is 2.83. The van der Waals surface area contributed by atoms with Gasteiger partial charge in [0.2, 0.25) is 0 Å². The van der Waals surface area contributed by atoms with Crippen LogP contribution in [0.1, 0.15) is 22.7 Å². The lowest BCUT2D eigenvalue weighted by molar-refractivity contribution is 0.393. The molecule has 0 saturated carbocycles. The number of benzene rings is 1. The van der Waals surface area contributed by atoms with Gasteiger partial charge in [0.25, 0.3) is 0 Å². The van der Waals surface area contributed by atoms with Gasteiger partial charge in [0.1, 0.15) is 17.8 Å². The van der Waals surface area contributed by atoms with E-state index in [0.29, 0.717) is 6.54 Å². The van der Waals surface area contributed by atoms with Crippen molar-refractivity contribution in [2.75, 3.05) is 18.6 Å². The molecular weight excluding hydrogens is 328 g/mol. The standard InChI is InChI=1S/C20H20N4O2/c1-13-20(14(2)26-23-13)17-9-15-5-4-8-24(18(15)10-19(17)25-3)11-16-6-7-21-12-22-16/h4-7,9-10,12H,8,11H2,1-3H3. The van der Waals surface area contributed by atoms with Crippen LogP contribution in [0.3, 0.4) is 0 Å². The van der Waals surface area contributed by atoms with E-state index in [2.05, 4.69) is 44.3 Å². The first-order valence-corrected chi connectivity index (χ1v) is 8.49. The van der Waals surface area contributed by atoms with Crippen LogP contribution < -0.4 is 9.64 Å². The van der Waals surface area contributed by atoms with E-state index in [0.717, 1.165) is 51.8 Å². The number of rotatable bonds is 4. The van der Waals surface area contributed by atoms with E-state index in [1.807, 2.05) is 19.9 Å². The van der Waals surface area contributed by atoms with Gasteiger partial charge in [0, 0.05) is 30.1 Å². The predicted octanol–water partition coefficient (Wildman–Crippen LogP) is 3.79. The largest absolute Gasteiger partial charge is 0.496 e. The summed E-state index contributed by atoms with van der Waals surface area (Å²) in [6.07, 6.45) is 7.65. The number of fused-ring (bicyclic) bond motifs is 1. The van der Waals surface area contributed by atoms with Gasteiger partial charge >= 0.3 is 0 Å². The Hall–Kier alpha value is -3.15. The first kappa shape index (κ1) is 16.3. The molecule has 26 heavy (non-hydrogen) atoms. The Labute approximate surface area is 152 Å². The van der Waals surface area contributed by atoms with Gasteiger partial charge in [-0.05, 0) is 31.5 Å². The maximum atomic E-state index is 5.70. The van der Waals surface area contributed by atoms with Crippen molar-refractivity contribution >= 4 is 11.8 Å². The first-order valence-electron chi connectivity index (χ1n) is 8.49.